The molecular weight excluding hydrogens is 317 g/mol. The molecule has 9 heteroatoms. The van der Waals surface area contributed by atoms with Gasteiger partial charge in [-0.25, -0.2) is 9.59 Å². The van der Waals surface area contributed by atoms with E-state index in [1.165, 1.54) is 26.8 Å². The molecular formula is C14H17F3N2O4. The maximum absolute atomic E-state index is 12.9. The second kappa shape index (κ2) is 5.98. The summed E-state index contributed by atoms with van der Waals surface area (Å²) in [6, 6.07) is 3.84. The first-order valence-corrected chi connectivity index (χ1v) is 6.44. The number of nitrogens with two attached hydrogens (primary N) is 2. The van der Waals surface area contributed by atoms with Crippen LogP contribution in [-0.2, 0) is 21.4 Å². The van der Waals surface area contributed by atoms with Crippen molar-refractivity contribution in [2.75, 3.05) is 0 Å². The molecule has 0 bridgehead atoms. The Morgan fingerprint density at radius 1 is 0.957 bits per heavy atom. The normalized spacial score (nSPS) is 12.6. The molecule has 6 nitrogen and oxygen atoms in total. The zero-order valence-corrected chi connectivity index (χ0v) is 12.7. The highest BCUT2D eigenvalue weighted by Crippen LogP contribution is 2.45. The largest absolute Gasteiger partial charge is 0.416 e. The molecule has 0 aromatic heterocycles. The summed E-state index contributed by atoms with van der Waals surface area (Å²) in [4.78, 5) is 22.5. The van der Waals surface area contributed by atoms with E-state index in [-0.39, 0.29) is 5.56 Å². The zero-order chi connectivity index (χ0) is 18.1. The molecule has 0 spiro atoms. The lowest BCUT2D eigenvalue weighted by atomic mass is 9.80. The molecule has 0 atom stereocenters. The third-order valence-electron chi connectivity index (χ3n) is 3.05. The summed E-state index contributed by atoms with van der Waals surface area (Å²) < 4.78 is 48.6. The van der Waals surface area contributed by atoms with Crippen LogP contribution in [0, 0.1) is 5.41 Å². The number of primary amides is 2. The number of carbonyl (C=O) groups is 2. The molecule has 128 valence electrons. The molecule has 0 unspecified atom stereocenters. The fraction of sp³-hybridized carbons (Fsp3) is 0.429. The fourth-order valence-electron chi connectivity index (χ4n) is 2.06. The highest BCUT2D eigenvalue weighted by atomic mass is 19.4. The molecule has 0 aliphatic heterocycles. The lowest BCUT2D eigenvalue weighted by Crippen LogP contribution is -2.50. The fourth-order valence-corrected chi connectivity index (χ4v) is 2.06. The number of benzene rings is 1. The molecule has 0 saturated heterocycles. The van der Waals surface area contributed by atoms with Gasteiger partial charge < -0.3 is 20.9 Å². The van der Waals surface area contributed by atoms with Gasteiger partial charge in [0.2, 0.25) is 0 Å². The van der Waals surface area contributed by atoms with Gasteiger partial charge in [0.05, 0.1) is 5.56 Å². The van der Waals surface area contributed by atoms with E-state index in [2.05, 4.69) is 0 Å². The average Bonchev–Trinajstić information content (AvgIpc) is 2.34. The summed E-state index contributed by atoms with van der Waals surface area (Å²) >= 11 is 0. The Kier molecular flexibility index (Phi) is 4.83. The van der Waals surface area contributed by atoms with E-state index in [1.807, 2.05) is 0 Å². The lowest BCUT2D eigenvalue weighted by molar-refractivity contribution is -0.231. The average molecular weight is 334 g/mol. The van der Waals surface area contributed by atoms with Crippen molar-refractivity contribution in [1.29, 1.82) is 0 Å². The van der Waals surface area contributed by atoms with Gasteiger partial charge in [-0.1, -0.05) is 32.9 Å². The molecule has 0 fully saturated rings. The lowest BCUT2D eigenvalue weighted by Gasteiger charge is -2.41. The van der Waals surface area contributed by atoms with Crippen molar-refractivity contribution in [2.45, 2.75) is 32.7 Å². The van der Waals surface area contributed by atoms with Gasteiger partial charge in [-0.3, -0.25) is 0 Å². The summed E-state index contributed by atoms with van der Waals surface area (Å²) in [5.74, 6) is -2.22. The summed E-state index contributed by atoms with van der Waals surface area (Å²) in [5, 5.41) is 0. The molecule has 0 saturated carbocycles. The van der Waals surface area contributed by atoms with Gasteiger partial charge in [0.25, 0.3) is 5.79 Å². The van der Waals surface area contributed by atoms with Crippen LogP contribution in [0.2, 0.25) is 0 Å². The molecule has 1 aromatic carbocycles. The molecule has 1 aromatic rings. The summed E-state index contributed by atoms with van der Waals surface area (Å²) in [5.41, 5.74) is 7.59. The van der Waals surface area contributed by atoms with Crippen LogP contribution in [0.1, 0.15) is 31.9 Å². The van der Waals surface area contributed by atoms with Crippen LogP contribution < -0.4 is 11.5 Å². The molecule has 0 radical (unpaired) electrons. The summed E-state index contributed by atoms with van der Waals surface area (Å²) in [6.45, 7) is 4.46. The van der Waals surface area contributed by atoms with Crippen molar-refractivity contribution >= 4 is 12.2 Å². The molecule has 0 aliphatic carbocycles. The van der Waals surface area contributed by atoms with Crippen LogP contribution in [0.4, 0.5) is 22.8 Å². The minimum absolute atomic E-state index is 0.225. The van der Waals surface area contributed by atoms with Crippen molar-refractivity contribution in [3.05, 3.63) is 35.4 Å². The Balaban J connectivity index is 3.62. The number of ether oxygens (including phenoxy) is 2. The molecule has 0 heterocycles. The van der Waals surface area contributed by atoms with E-state index in [4.69, 9.17) is 20.9 Å². The predicted molar refractivity (Wildman–Crippen MR) is 73.9 cm³/mol. The number of hydrogen-bond acceptors (Lipinski definition) is 4. The van der Waals surface area contributed by atoms with Crippen molar-refractivity contribution in [2.24, 2.45) is 16.9 Å². The number of amides is 2. The predicted octanol–water partition coefficient (Wildman–Crippen LogP) is 3.09. The van der Waals surface area contributed by atoms with Gasteiger partial charge in [0.1, 0.15) is 0 Å². The quantitative estimate of drug-likeness (QED) is 0.829. The van der Waals surface area contributed by atoms with E-state index >= 15 is 0 Å². The minimum Gasteiger partial charge on any atom is -0.401 e. The topological polar surface area (TPSA) is 105 Å². The number of carbonyl (C=O) groups excluding carboxylic acids is 2. The molecule has 2 amide bonds. The van der Waals surface area contributed by atoms with Gasteiger partial charge in [-0.2, -0.15) is 13.2 Å². The highest BCUT2D eigenvalue weighted by molar-refractivity contribution is 5.68. The number of rotatable bonds is 3. The van der Waals surface area contributed by atoms with E-state index in [0.717, 1.165) is 12.1 Å². The first kappa shape index (κ1) is 18.6. The zero-order valence-electron chi connectivity index (χ0n) is 12.7. The standard InChI is InChI=1S/C14H17F3N2O4/c1-12(2,3)13(22-10(18)20,23-11(19)21)8-5-4-6-9(7-8)14(15,16)17/h4-7H,1-3H3,(H2,18,20)(H2,19,21). The van der Waals surface area contributed by atoms with Gasteiger partial charge in [-0.15, -0.1) is 0 Å². The maximum Gasteiger partial charge on any atom is 0.416 e. The van der Waals surface area contributed by atoms with Crippen LogP contribution in [0.3, 0.4) is 0 Å². The molecule has 0 aliphatic rings. The minimum atomic E-state index is -4.64. The Morgan fingerprint density at radius 2 is 1.39 bits per heavy atom. The van der Waals surface area contributed by atoms with Gasteiger partial charge >= 0.3 is 18.4 Å². The maximum atomic E-state index is 12.9. The van der Waals surface area contributed by atoms with Crippen molar-refractivity contribution in [1.82, 2.24) is 0 Å². The third kappa shape index (κ3) is 4.05. The second-order valence-corrected chi connectivity index (χ2v) is 5.79. The van der Waals surface area contributed by atoms with Crippen molar-refractivity contribution in [3.8, 4) is 0 Å². The number of alkyl halides is 3. The third-order valence-corrected chi connectivity index (χ3v) is 3.05. The van der Waals surface area contributed by atoms with Crippen molar-refractivity contribution < 1.29 is 32.2 Å². The first-order valence-electron chi connectivity index (χ1n) is 6.44. The first-order chi connectivity index (χ1) is 10.3. The van der Waals surface area contributed by atoms with E-state index in [9.17, 15) is 22.8 Å². The molecule has 4 N–H and O–H groups in total. The van der Waals surface area contributed by atoms with E-state index in [1.54, 1.807) is 0 Å². The van der Waals surface area contributed by atoms with Crippen LogP contribution >= 0.6 is 0 Å². The van der Waals surface area contributed by atoms with E-state index < -0.39 is 35.1 Å². The summed E-state index contributed by atoms with van der Waals surface area (Å²) in [7, 11) is 0. The second-order valence-electron chi connectivity index (χ2n) is 5.79. The van der Waals surface area contributed by atoms with Crippen molar-refractivity contribution in [3.63, 3.8) is 0 Å². The van der Waals surface area contributed by atoms with Gasteiger partial charge in [0.15, 0.2) is 0 Å². The SMILES string of the molecule is CC(C)(C)C(OC(N)=O)(OC(N)=O)c1cccc(C(F)(F)F)c1. The molecule has 1 rings (SSSR count). The monoisotopic (exact) mass is 334 g/mol. The number of halogens is 3. The Bertz CT molecular complexity index is 593. The van der Waals surface area contributed by atoms with Crippen LogP contribution in [0.25, 0.3) is 0 Å². The van der Waals surface area contributed by atoms with Crippen LogP contribution in [0.5, 0.6) is 0 Å². The van der Waals surface area contributed by atoms with E-state index in [0.29, 0.717) is 6.07 Å². The Morgan fingerprint density at radius 3 is 1.74 bits per heavy atom. The Labute approximate surface area is 130 Å². The summed E-state index contributed by atoms with van der Waals surface area (Å²) in [6.07, 6.45) is -7.31. The van der Waals surface area contributed by atoms with Crippen LogP contribution in [-0.4, -0.2) is 12.2 Å². The van der Waals surface area contributed by atoms with Crippen LogP contribution in [0.15, 0.2) is 24.3 Å². The molecule has 23 heavy (non-hydrogen) atoms. The van der Waals surface area contributed by atoms with Gasteiger partial charge in [-0.05, 0) is 12.1 Å². The Hall–Kier alpha value is -2.45. The number of hydrogen-bond donors (Lipinski definition) is 2. The smallest absolute Gasteiger partial charge is 0.401 e. The van der Waals surface area contributed by atoms with Gasteiger partial charge in [0, 0.05) is 11.0 Å². The highest BCUT2D eigenvalue weighted by Gasteiger charge is 2.51.